The van der Waals surface area contributed by atoms with Gasteiger partial charge >= 0.3 is 0 Å². The number of nitrogens with zero attached hydrogens (tertiary/aromatic N) is 1. The number of aromatic nitrogens is 1. The highest BCUT2D eigenvalue weighted by Gasteiger charge is 2.00. The van der Waals surface area contributed by atoms with E-state index in [2.05, 4.69) is 4.98 Å². The summed E-state index contributed by atoms with van der Waals surface area (Å²) in [6.45, 7) is 1.67. The first-order valence-electron chi connectivity index (χ1n) is 3.73. The third-order valence-corrected chi connectivity index (χ3v) is 1.25. The van der Waals surface area contributed by atoms with Crippen LogP contribution in [0.2, 0.25) is 0 Å². The minimum Gasteiger partial charge on any atom is -0.257 e. The van der Waals surface area contributed by atoms with Crippen LogP contribution in [-0.4, -0.2) is 4.98 Å². The Labute approximate surface area is 66.7 Å². The van der Waals surface area contributed by atoms with Crippen molar-refractivity contribution in [3.63, 3.8) is 0 Å². The number of hydrogen-bond donors (Lipinski definition) is 0. The first-order valence-corrected chi connectivity index (χ1v) is 3.10. The molecule has 0 spiro atoms. The van der Waals surface area contributed by atoms with E-state index in [0.717, 1.165) is 0 Å². The molecule has 3 heteroatoms. The molecule has 0 aliphatic heterocycles. The van der Waals surface area contributed by atoms with Gasteiger partial charge in [-0.3, -0.25) is 4.98 Å². The van der Waals surface area contributed by atoms with E-state index < -0.39 is 11.6 Å². The van der Waals surface area contributed by atoms with Crippen molar-refractivity contribution in [2.45, 2.75) is 12.8 Å². The molecule has 0 unspecified atom stereocenters. The Balaban J connectivity index is 3.19. The van der Waals surface area contributed by atoms with Crippen molar-refractivity contribution in [3.05, 3.63) is 29.3 Å². The fraction of sp³-hybridized carbons (Fsp3) is 0.286. The standard InChI is InChI=1S/C7H7ClFN/c1-5-2-6(9)7(3-8)10-4-5/h2,4H,3H2,1H3/i3D2. The minimum atomic E-state index is -2.24. The highest BCUT2D eigenvalue weighted by Crippen LogP contribution is 2.07. The lowest BCUT2D eigenvalue weighted by molar-refractivity contribution is 0.606. The molecule has 0 fully saturated rings. The van der Waals surface area contributed by atoms with Crippen molar-refractivity contribution in [1.29, 1.82) is 0 Å². The van der Waals surface area contributed by atoms with Crippen molar-refractivity contribution < 1.29 is 7.13 Å². The van der Waals surface area contributed by atoms with Gasteiger partial charge in [0.05, 0.1) is 14.3 Å². The van der Waals surface area contributed by atoms with Gasteiger partial charge in [-0.15, -0.1) is 11.6 Å². The Morgan fingerprint density at radius 1 is 1.90 bits per heavy atom. The zero-order valence-electron chi connectivity index (χ0n) is 7.36. The zero-order valence-corrected chi connectivity index (χ0v) is 6.11. The molecule has 0 aliphatic rings. The molecule has 1 aromatic heterocycles. The number of rotatable bonds is 1. The molecule has 0 saturated heterocycles. The van der Waals surface area contributed by atoms with Gasteiger partial charge in [0.15, 0.2) is 0 Å². The van der Waals surface area contributed by atoms with Crippen LogP contribution in [0.5, 0.6) is 0 Å². The smallest absolute Gasteiger partial charge is 0.146 e. The Kier molecular flexibility index (Phi) is 1.51. The van der Waals surface area contributed by atoms with E-state index in [0.29, 0.717) is 5.56 Å². The summed E-state index contributed by atoms with van der Waals surface area (Å²) in [4.78, 5) is 3.57. The lowest BCUT2D eigenvalue weighted by atomic mass is 10.3. The molecule has 1 aromatic rings. The van der Waals surface area contributed by atoms with Gasteiger partial charge in [0.2, 0.25) is 0 Å². The zero-order chi connectivity index (χ0) is 9.35. The van der Waals surface area contributed by atoms with Gasteiger partial charge in [-0.25, -0.2) is 4.39 Å². The fourth-order valence-electron chi connectivity index (χ4n) is 0.603. The topological polar surface area (TPSA) is 12.9 Å². The average Bonchev–Trinajstić information content (AvgIpc) is 1.83. The average molecular weight is 162 g/mol. The Morgan fingerprint density at radius 2 is 2.60 bits per heavy atom. The summed E-state index contributed by atoms with van der Waals surface area (Å²) in [5.41, 5.74) is 0.270. The van der Waals surface area contributed by atoms with Crippen LogP contribution in [0.1, 0.15) is 14.0 Å². The molecule has 0 amide bonds. The predicted molar refractivity (Wildman–Crippen MR) is 38.5 cm³/mol. The molecule has 0 saturated carbocycles. The molecule has 0 aromatic carbocycles. The lowest BCUT2D eigenvalue weighted by Crippen LogP contribution is -1.91. The van der Waals surface area contributed by atoms with Crippen molar-refractivity contribution >= 4 is 11.6 Å². The molecule has 0 N–H and O–H groups in total. The molecule has 0 aliphatic carbocycles. The van der Waals surface area contributed by atoms with Gasteiger partial charge in [0.1, 0.15) is 5.82 Å². The van der Waals surface area contributed by atoms with Crippen LogP contribution in [0, 0.1) is 12.7 Å². The van der Waals surface area contributed by atoms with E-state index in [9.17, 15) is 4.39 Å². The second-order valence-corrected chi connectivity index (χ2v) is 2.13. The van der Waals surface area contributed by atoms with Crippen molar-refractivity contribution in [1.82, 2.24) is 4.98 Å². The quantitative estimate of drug-likeness (QED) is 0.576. The molecule has 10 heavy (non-hydrogen) atoms. The predicted octanol–water partition coefficient (Wildman–Crippen LogP) is 2.27. The third kappa shape index (κ3) is 1.45. The van der Waals surface area contributed by atoms with Crippen LogP contribution < -0.4 is 0 Å². The maximum absolute atomic E-state index is 13.0. The number of aryl methyl sites for hydroxylation is 1. The molecule has 1 rings (SSSR count). The second kappa shape index (κ2) is 2.97. The lowest BCUT2D eigenvalue weighted by Gasteiger charge is -1.96. The van der Waals surface area contributed by atoms with E-state index in [1.807, 2.05) is 0 Å². The van der Waals surface area contributed by atoms with Crippen molar-refractivity contribution in [2.24, 2.45) is 0 Å². The van der Waals surface area contributed by atoms with Gasteiger partial charge in [0, 0.05) is 6.20 Å². The molecular weight excluding hydrogens is 153 g/mol. The first-order chi connectivity index (χ1) is 5.41. The maximum atomic E-state index is 13.0. The highest BCUT2D eigenvalue weighted by molar-refractivity contribution is 6.16. The van der Waals surface area contributed by atoms with Crippen LogP contribution in [0.4, 0.5) is 4.39 Å². The van der Waals surface area contributed by atoms with Gasteiger partial charge in [-0.1, -0.05) is 0 Å². The van der Waals surface area contributed by atoms with Crippen LogP contribution in [0.15, 0.2) is 12.3 Å². The number of hydrogen-bond acceptors (Lipinski definition) is 1. The van der Waals surface area contributed by atoms with E-state index >= 15 is 0 Å². The summed E-state index contributed by atoms with van der Waals surface area (Å²) in [7, 11) is 0. The largest absolute Gasteiger partial charge is 0.257 e. The minimum absolute atomic E-state index is 0.366. The summed E-state index contributed by atoms with van der Waals surface area (Å²) < 4.78 is 27.0. The first kappa shape index (κ1) is 5.08. The third-order valence-electron chi connectivity index (χ3n) is 1.07. The van der Waals surface area contributed by atoms with Crippen molar-refractivity contribution in [3.8, 4) is 0 Å². The summed E-state index contributed by atoms with van der Waals surface area (Å²) in [5, 5.41) is 0. The molecule has 0 bridgehead atoms. The number of alkyl halides is 1. The number of pyridine rings is 1. The molecular formula is C7H7ClFN. The SMILES string of the molecule is [2H]C([2H])(Cl)c1ncc(C)cc1F. The summed E-state index contributed by atoms with van der Waals surface area (Å²) in [6.07, 6.45) is 1.37. The Bertz CT molecular complexity index is 298. The molecule has 54 valence electrons. The van der Waals surface area contributed by atoms with E-state index in [1.165, 1.54) is 12.3 Å². The molecule has 1 nitrogen and oxygen atoms in total. The van der Waals surface area contributed by atoms with Crippen molar-refractivity contribution in [2.75, 3.05) is 0 Å². The second-order valence-electron chi connectivity index (χ2n) is 1.94. The van der Waals surface area contributed by atoms with Crippen LogP contribution >= 0.6 is 11.6 Å². The van der Waals surface area contributed by atoms with E-state index in [-0.39, 0.29) is 5.69 Å². The van der Waals surface area contributed by atoms with Crippen LogP contribution in [0.3, 0.4) is 0 Å². The summed E-state index contributed by atoms with van der Waals surface area (Å²) in [5.74, 6) is -2.95. The molecule has 0 atom stereocenters. The van der Waals surface area contributed by atoms with Gasteiger partial charge in [-0.05, 0) is 18.6 Å². The fourth-order valence-corrected chi connectivity index (χ4v) is 0.742. The molecule has 0 radical (unpaired) electrons. The van der Waals surface area contributed by atoms with Crippen LogP contribution in [-0.2, 0) is 5.83 Å². The van der Waals surface area contributed by atoms with Crippen LogP contribution in [0.25, 0.3) is 0 Å². The van der Waals surface area contributed by atoms with E-state index in [1.54, 1.807) is 6.92 Å². The molecule has 1 heterocycles. The van der Waals surface area contributed by atoms with Gasteiger partial charge in [0.25, 0.3) is 0 Å². The van der Waals surface area contributed by atoms with Gasteiger partial charge < -0.3 is 0 Å². The normalized spacial score (nSPS) is 14.3. The Morgan fingerprint density at radius 3 is 3.10 bits per heavy atom. The maximum Gasteiger partial charge on any atom is 0.146 e. The van der Waals surface area contributed by atoms with E-state index in [4.69, 9.17) is 14.3 Å². The van der Waals surface area contributed by atoms with Gasteiger partial charge in [-0.2, -0.15) is 0 Å². The summed E-state index contributed by atoms with van der Waals surface area (Å²) >= 11 is 5.25. The summed E-state index contributed by atoms with van der Waals surface area (Å²) in [6, 6.07) is 1.20. The number of halogens is 2. The highest BCUT2D eigenvalue weighted by atomic mass is 35.5. The Hall–Kier alpha value is -0.630. The monoisotopic (exact) mass is 161 g/mol.